The summed E-state index contributed by atoms with van der Waals surface area (Å²) in [6, 6.07) is 7.65. The molecule has 0 N–H and O–H groups in total. The number of aryl methyl sites for hydroxylation is 2. The van der Waals surface area contributed by atoms with E-state index in [-0.39, 0.29) is 5.91 Å². The maximum atomic E-state index is 12.8. The summed E-state index contributed by atoms with van der Waals surface area (Å²) < 4.78 is 5.35. The van der Waals surface area contributed by atoms with Crippen LogP contribution in [0, 0.1) is 13.8 Å². The molecule has 0 spiro atoms. The summed E-state index contributed by atoms with van der Waals surface area (Å²) in [7, 11) is 1.63. The van der Waals surface area contributed by atoms with Crippen LogP contribution in [0.1, 0.15) is 47.2 Å². The Kier molecular flexibility index (Phi) is 5.63. The number of carbonyl (C=O) groups excluding carboxylic acids is 1. The molecule has 2 heterocycles. The number of rotatable bonds is 4. The second kappa shape index (κ2) is 7.94. The summed E-state index contributed by atoms with van der Waals surface area (Å²) in [4.78, 5) is 26.2. The first kappa shape index (κ1) is 19.1. The van der Waals surface area contributed by atoms with Crippen molar-refractivity contribution in [3.63, 3.8) is 0 Å². The molecule has 27 heavy (non-hydrogen) atoms. The van der Waals surface area contributed by atoms with Gasteiger partial charge in [0.05, 0.1) is 7.11 Å². The molecule has 0 atom stereocenters. The zero-order valence-corrected chi connectivity index (χ0v) is 16.8. The summed E-state index contributed by atoms with van der Waals surface area (Å²) in [5.41, 5.74) is 2.68. The monoisotopic (exact) mass is 368 g/mol. The van der Waals surface area contributed by atoms with Crippen LogP contribution in [0.3, 0.4) is 0 Å². The number of nitrogens with zero attached hydrogens (tertiary/aromatic N) is 4. The van der Waals surface area contributed by atoms with Gasteiger partial charge in [-0.3, -0.25) is 4.79 Å². The molecule has 1 aliphatic rings. The summed E-state index contributed by atoms with van der Waals surface area (Å²) in [6.07, 6.45) is 0. The van der Waals surface area contributed by atoms with Crippen LogP contribution < -0.4 is 9.64 Å². The Labute approximate surface area is 161 Å². The highest BCUT2D eigenvalue weighted by Gasteiger charge is 2.24. The second-order valence-electron chi connectivity index (χ2n) is 7.34. The van der Waals surface area contributed by atoms with Crippen molar-refractivity contribution in [2.24, 2.45) is 0 Å². The highest BCUT2D eigenvalue weighted by Crippen LogP contribution is 2.22. The van der Waals surface area contributed by atoms with Crippen molar-refractivity contribution in [2.75, 3.05) is 38.2 Å². The Morgan fingerprint density at radius 2 is 1.78 bits per heavy atom. The quantitative estimate of drug-likeness (QED) is 0.829. The number of hydrogen-bond acceptors (Lipinski definition) is 5. The first-order chi connectivity index (χ1) is 12.9. The second-order valence-corrected chi connectivity index (χ2v) is 7.34. The van der Waals surface area contributed by atoms with Crippen LogP contribution in [-0.2, 0) is 0 Å². The molecular weight excluding hydrogens is 340 g/mol. The van der Waals surface area contributed by atoms with Crippen molar-refractivity contribution in [3.8, 4) is 5.75 Å². The summed E-state index contributed by atoms with van der Waals surface area (Å²) in [5, 5.41) is 0. The van der Waals surface area contributed by atoms with Gasteiger partial charge in [0.1, 0.15) is 17.4 Å². The van der Waals surface area contributed by atoms with E-state index >= 15 is 0 Å². The predicted octanol–water partition coefficient (Wildman–Crippen LogP) is 3.19. The Morgan fingerprint density at radius 3 is 2.41 bits per heavy atom. The molecule has 1 aromatic carbocycles. The van der Waals surface area contributed by atoms with Gasteiger partial charge in [-0.1, -0.05) is 19.9 Å². The Balaban J connectivity index is 1.69. The first-order valence-electron chi connectivity index (χ1n) is 9.43. The van der Waals surface area contributed by atoms with E-state index in [9.17, 15) is 4.79 Å². The number of piperazine rings is 1. The molecule has 6 nitrogen and oxygen atoms in total. The minimum Gasteiger partial charge on any atom is -0.496 e. The van der Waals surface area contributed by atoms with Gasteiger partial charge in [-0.05, 0) is 31.5 Å². The van der Waals surface area contributed by atoms with Gasteiger partial charge in [0, 0.05) is 49.4 Å². The van der Waals surface area contributed by atoms with Crippen LogP contribution >= 0.6 is 0 Å². The van der Waals surface area contributed by atoms with Gasteiger partial charge in [-0.25, -0.2) is 9.97 Å². The average molecular weight is 368 g/mol. The predicted molar refractivity (Wildman–Crippen MR) is 107 cm³/mol. The fraction of sp³-hybridized carbons (Fsp3) is 0.476. The van der Waals surface area contributed by atoms with Gasteiger partial charge in [-0.15, -0.1) is 0 Å². The van der Waals surface area contributed by atoms with Crippen molar-refractivity contribution in [2.45, 2.75) is 33.6 Å². The van der Waals surface area contributed by atoms with Crippen LogP contribution in [0.25, 0.3) is 0 Å². The fourth-order valence-corrected chi connectivity index (χ4v) is 3.27. The molecule has 1 aromatic heterocycles. The van der Waals surface area contributed by atoms with E-state index in [2.05, 4.69) is 23.7 Å². The molecule has 6 heteroatoms. The van der Waals surface area contributed by atoms with E-state index in [1.165, 1.54) is 0 Å². The molecule has 1 amide bonds. The van der Waals surface area contributed by atoms with E-state index in [1.54, 1.807) is 7.11 Å². The molecule has 3 rings (SSSR count). The molecule has 1 saturated heterocycles. The number of hydrogen-bond donors (Lipinski definition) is 0. The number of anilines is 1. The number of ether oxygens (including phenoxy) is 1. The lowest BCUT2D eigenvalue weighted by atomic mass is 10.1. The van der Waals surface area contributed by atoms with Crippen molar-refractivity contribution in [1.82, 2.24) is 14.9 Å². The van der Waals surface area contributed by atoms with Crippen LogP contribution in [0.5, 0.6) is 5.75 Å². The normalized spacial score (nSPS) is 14.6. The van der Waals surface area contributed by atoms with Crippen molar-refractivity contribution >= 4 is 11.7 Å². The van der Waals surface area contributed by atoms with Gasteiger partial charge in [0.25, 0.3) is 5.91 Å². The number of methoxy groups -OCH3 is 1. The first-order valence-corrected chi connectivity index (χ1v) is 9.43. The average Bonchev–Trinajstić information content (AvgIpc) is 2.67. The molecule has 1 fully saturated rings. The molecule has 1 aliphatic heterocycles. The maximum absolute atomic E-state index is 12.8. The third-order valence-electron chi connectivity index (χ3n) is 4.92. The number of benzene rings is 1. The zero-order valence-electron chi connectivity index (χ0n) is 16.8. The largest absolute Gasteiger partial charge is 0.496 e. The number of aromatic nitrogens is 2. The lowest BCUT2D eigenvalue weighted by Gasteiger charge is -2.35. The van der Waals surface area contributed by atoms with Crippen molar-refractivity contribution in [1.29, 1.82) is 0 Å². The van der Waals surface area contributed by atoms with E-state index in [0.717, 1.165) is 41.7 Å². The number of carbonyl (C=O) groups is 1. The summed E-state index contributed by atoms with van der Waals surface area (Å²) in [5.74, 6) is 2.92. The van der Waals surface area contributed by atoms with E-state index in [4.69, 9.17) is 9.72 Å². The highest BCUT2D eigenvalue weighted by molar-refractivity contribution is 5.95. The van der Waals surface area contributed by atoms with Crippen molar-refractivity contribution < 1.29 is 9.53 Å². The SMILES string of the molecule is COc1cc(C(=O)N2CCN(c3cc(C)nc(C(C)C)n3)CC2)ccc1C. The molecule has 0 unspecified atom stereocenters. The molecule has 0 aliphatic carbocycles. The Morgan fingerprint density at radius 1 is 1.07 bits per heavy atom. The smallest absolute Gasteiger partial charge is 0.254 e. The molecule has 0 radical (unpaired) electrons. The zero-order chi connectivity index (χ0) is 19.6. The van der Waals surface area contributed by atoms with Gasteiger partial charge in [0.15, 0.2) is 0 Å². The van der Waals surface area contributed by atoms with E-state index in [1.807, 2.05) is 43.0 Å². The minimum absolute atomic E-state index is 0.0506. The lowest BCUT2D eigenvalue weighted by molar-refractivity contribution is 0.0746. The van der Waals surface area contributed by atoms with E-state index in [0.29, 0.717) is 24.6 Å². The molecule has 0 saturated carbocycles. The standard InChI is InChI=1S/C21H28N4O2/c1-14(2)20-22-16(4)12-19(23-20)24-8-10-25(11-9-24)21(26)17-7-6-15(3)18(13-17)27-5/h6-7,12-14H,8-11H2,1-5H3. The third-order valence-corrected chi connectivity index (χ3v) is 4.92. The lowest BCUT2D eigenvalue weighted by Crippen LogP contribution is -2.49. The van der Waals surface area contributed by atoms with Gasteiger partial charge in [-0.2, -0.15) is 0 Å². The van der Waals surface area contributed by atoms with Crippen LogP contribution in [0.2, 0.25) is 0 Å². The number of amides is 1. The Bertz CT molecular complexity index is 827. The molecule has 2 aromatic rings. The van der Waals surface area contributed by atoms with Crippen LogP contribution in [-0.4, -0.2) is 54.1 Å². The molecule has 144 valence electrons. The fourth-order valence-electron chi connectivity index (χ4n) is 3.27. The van der Waals surface area contributed by atoms with Crippen LogP contribution in [0.15, 0.2) is 24.3 Å². The topological polar surface area (TPSA) is 58.6 Å². The van der Waals surface area contributed by atoms with Gasteiger partial charge >= 0.3 is 0 Å². The van der Waals surface area contributed by atoms with Gasteiger partial charge in [0.2, 0.25) is 0 Å². The Hall–Kier alpha value is -2.63. The van der Waals surface area contributed by atoms with Gasteiger partial charge < -0.3 is 14.5 Å². The third kappa shape index (κ3) is 4.21. The molecular formula is C21H28N4O2. The summed E-state index contributed by atoms with van der Waals surface area (Å²) >= 11 is 0. The minimum atomic E-state index is 0.0506. The van der Waals surface area contributed by atoms with Crippen molar-refractivity contribution in [3.05, 3.63) is 46.9 Å². The molecule has 0 bridgehead atoms. The summed E-state index contributed by atoms with van der Waals surface area (Å²) in [6.45, 7) is 11.1. The highest BCUT2D eigenvalue weighted by atomic mass is 16.5. The van der Waals surface area contributed by atoms with E-state index < -0.39 is 0 Å². The maximum Gasteiger partial charge on any atom is 0.254 e. The van der Waals surface area contributed by atoms with Crippen LogP contribution in [0.4, 0.5) is 5.82 Å².